The molecule has 0 saturated carbocycles. The lowest BCUT2D eigenvalue weighted by atomic mass is 9.96. The molecule has 2 aliphatic heterocycles. The van der Waals surface area contributed by atoms with Crippen molar-refractivity contribution < 1.29 is 114 Å². The molecule has 0 fully saturated rings. The number of pyridine rings is 4. The van der Waals surface area contributed by atoms with Crippen LogP contribution in [0.5, 0.6) is 0 Å². The number of aryl methyl sites for hydroxylation is 4. The van der Waals surface area contributed by atoms with Crippen LogP contribution in [-0.4, -0.2) is 13.1 Å². The molecule has 0 radical (unpaired) electrons. The maximum atomic E-state index is 2.41. The molecular formula is C84H90I4N6. The summed E-state index contributed by atoms with van der Waals surface area (Å²) in [6, 6.07) is 61.8. The number of para-hydroxylation sites is 6. The molecule has 0 amide bonds. The molecule has 0 saturated heterocycles. The number of hydrogen-bond donors (Lipinski definition) is 0. The minimum Gasteiger partial charge on any atom is -1.00 e. The summed E-state index contributed by atoms with van der Waals surface area (Å²) in [7, 11) is 0. The minimum atomic E-state index is 0. The summed E-state index contributed by atoms with van der Waals surface area (Å²) < 4.78 is 9.51. The van der Waals surface area contributed by atoms with Crippen molar-refractivity contribution in [3.05, 3.63) is 289 Å². The zero-order valence-electron chi connectivity index (χ0n) is 55.5. The molecule has 0 bridgehead atoms. The van der Waals surface area contributed by atoms with E-state index in [2.05, 4.69) is 337 Å². The van der Waals surface area contributed by atoms with Crippen LogP contribution in [0, 0.1) is 0 Å². The molecule has 12 rings (SSSR count). The van der Waals surface area contributed by atoms with E-state index < -0.39 is 0 Å². The van der Waals surface area contributed by atoms with E-state index in [1.165, 1.54) is 162 Å². The maximum absolute atomic E-state index is 2.41. The molecule has 2 aliphatic rings. The van der Waals surface area contributed by atoms with Crippen LogP contribution in [0.2, 0.25) is 0 Å². The first-order valence-electron chi connectivity index (χ1n) is 33.4. The van der Waals surface area contributed by atoms with Crippen molar-refractivity contribution in [2.75, 3.05) is 22.9 Å². The number of benzene rings is 6. The monoisotopic (exact) mass is 1690 g/mol. The van der Waals surface area contributed by atoms with Gasteiger partial charge in [-0.15, -0.1) is 0 Å². The Kier molecular flexibility index (Phi) is 29.9. The Bertz CT molecular complexity index is 4440. The lowest BCUT2D eigenvalue weighted by molar-refractivity contribution is -0.672. The van der Waals surface area contributed by atoms with E-state index in [0.717, 1.165) is 39.3 Å². The lowest BCUT2D eigenvalue weighted by Crippen LogP contribution is -3.00. The standard InChI is InChI=1S/C44H49N3.C40H41N3.4HI/c1-4-7-29-45-32-26-36(39-16-10-13-19-42(39)45)24-22-35(38-28-34-47(31-9-6-3)44-21-15-12-18-41(38)44)23-25-37-27-33-46(30-8-5-2)43-20-14-11-17-40(37)43;1-4-7-27-43-29-25-33(36-15-9-12-18-39(36)43)23-21-31(34-26-30-42(6-3)40-19-13-10-16-37(34)40)20-22-32-24-28-41(5-2)38-17-11-8-14-35(32)38;;;;/h10-28,32-34H,4-9,29-31H2,1-3H3;8-26,28-30H,4-7,27H2,1-3H3;4*1H/q2*+2;;;;/p-4. The van der Waals surface area contributed by atoms with Crippen LogP contribution in [0.1, 0.15) is 126 Å². The van der Waals surface area contributed by atoms with Crippen molar-refractivity contribution in [3.8, 4) is 0 Å². The van der Waals surface area contributed by atoms with Gasteiger partial charge in [-0.2, -0.15) is 18.3 Å². The Morgan fingerprint density at radius 1 is 0.372 bits per heavy atom. The molecule has 6 heterocycles. The third-order valence-electron chi connectivity index (χ3n) is 17.8. The molecule has 484 valence electrons. The van der Waals surface area contributed by atoms with Gasteiger partial charge in [-0.1, -0.05) is 187 Å². The van der Waals surface area contributed by atoms with Crippen LogP contribution in [0.15, 0.2) is 256 Å². The minimum absolute atomic E-state index is 0. The highest BCUT2D eigenvalue weighted by Gasteiger charge is 2.20. The number of nitrogens with zero attached hydrogens (tertiary/aromatic N) is 6. The molecule has 0 aliphatic carbocycles. The summed E-state index contributed by atoms with van der Waals surface area (Å²) >= 11 is 0. The molecule has 0 atom stereocenters. The molecule has 0 N–H and O–H groups in total. The van der Waals surface area contributed by atoms with Crippen molar-refractivity contribution in [3.63, 3.8) is 0 Å². The van der Waals surface area contributed by atoms with Crippen LogP contribution in [0.3, 0.4) is 0 Å². The number of aromatic nitrogens is 4. The smallest absolute Gasteiger partial charge is 0.213 e. The average molecular weight is 1690 g/mol. The number of anilines is 2. The van der Waals surface area contributed by atoms with Gasteiger partial charge in [0, 0.05) is 127 Å². The van der Waals surface area contributed by atoms with Gasteiger partial charge in [-0.3, -0.25) is 0 Å². The van der Waals surface area contributed by atoms with Gasteiger partial charge >= 0.3 is 0 Å². The first-order valence-corrected chi connectivity index (χ1v) is 33.4. The predicted molar refractivity (Wildman–Crippen MR) is 383 cm³/mol. The number of unbranched alkanes of at least 4 members (excludes halogenated alkanes) is 4. The Morgan fingerprint density at radius 3 is 1.17 bits per heavy atom. The van der Waals surface area contributed by atoms with Crippen molar-refractivity contribution in [2.45, 2.75) is 119 Å². The van der Waals surface area contributed by atoms with Gasteiger partial charge in [-0.05, 0) is 102 Å². The fourth-order valence-corrected chi connectivity index (χ4v) is 12.7. The molecule has 4 aromatic heterocycles. The maximum Gasteiger partial charge on any atom is 0.213 e. The van der Waals surface area contributed by atoms with Gasteiger partial charge in [0.2, 0.25) is 22.1 Å². The van der Waals surface area contributed by atoms with E-state index in [1.807, 2.05) is 0 Å². The number of hydrogen-bond acceptors (Lipinski definition) is 2. The Balaban J connectivity index is 0.000000256. The summed E-state index contributed by atoms with van der Waals surface area (Å²) in [5, 5.41) is 5.10. The summed E-state index contributed by atoms with van der Waals surface area (Å²) in [6.07, 6.45) is 45.8. The van der Waals surface area contributed by atoms with Crippen molar-refractivity contribution in [1.29, 1.82) is 0 Å². The van der Waals surface area contributed by atoms with Crippen molar-refractivity contribution >= 4 is 89.4 Å². The summed E-state index contributed by atoms with van der Waals surface area (Å²) in [5.74, 6) is 0. The van der Waals surface area contributed by atoms with E-state index in [1.54, 1.807) is 0 Å². The van der Waals surface area contributed by atoms with E-state index in [0.29, 0.717) is 0 Å². The first kappa shape index (κ1) is 74.8. The quantitative estimate of drug-likeness (QED) is 0.0401. The SMILES string of the molecule is CCCCN1C=C/C(=C/C=C(/C=C/c2cc[n+](CCCC)c3ccccc23)c2cc[n+](CCCC)c3ccccc23)c2ccccc21.CCCC[n+]1ccc(/C=C/C(=C/C=C2/C=CN(CC)c3ccccc32)c2cc[n+](CC)c3ccccc23)c2ccccc21.[I-].[I-].[I-].[I-]. The third kappa shape index (κ3) is 17.7. The molecular weight excluding hydrogens is 1600 g/mol. The normalized spacial score (nSPS) is 13.6. The zero-order valence-corrected chi connectivity index (χ0v) is 64.1. The van der Waals surface area contributed by atoms with Crippen LogP contribution >= 0.6 is 0 Å². The van der Waals surface area contributed by atoms with Crippen LogP contribution in [0.25, 0.3) is 78.1 Å². The van der Waals surface area contributed by atoms with E-state index in [9.17, 15) is 0 Å². The van der Waals surface area contributed by atoms with Crippen molar-refractivity contribution in [2.24, 2.45) is 0 Å². The second-order valence-corrected chi connectivity index (χ2v) is 23.6. The van der Waals surface area contributed by atoms with Gasteiger partial charge < -0.3 is 106 Å². The molecule has 94 heavy (non-hydrogen) atoms. The largest absolute Gasteiger partial charge is 1.00 e. The summed E-state index contributed by atoms with van der Waals surface area (Å²) in [4.78, 5) is 4.70. The van der Waals surface area contributed by atoms with Gasteiger partial charge in [-0.25, -0.2) is 0 Å². The van der Waals surface area contributed by atoms with E-state index in [-0.39, 0.29) is 95.9 Å². The highest BCUT2D eigenvalue weighted by molar-refractivity contribution is 5.99. The Labute approximate surface area is 628 Å². The third-order valence-corrected chi connectivity index (χ3v) is 17.8. The van der Waals surface area contributed by atoms with Crippen LogP contribution in [0.4, 0.5) is 11.4 Å². The molecule has 0 unspecified atom stereocenters. The highest BCUT2D eigenvalue weighted by atomic mass is 127. The fourth-order valence-electron chi connectivity index (χ4n) is 12.7. The average Bonchev–Trinajstić information content (AvgIpc) is 0.833. The van der Waals surface area contributed by atoms with E-state index >= 15 is 0 Å². The number of halogens is 4. The molecule has 10 heteroatoms. The first-order chi connectivity index (χ1) is 44.4. The molecule has 0 spiro atoms. The molecule has 6 aromatic carbocycles. The van der Waals surface area contributed by atoms with Crippen molar-refractivity contribution in [1.82, 2.24) is 0 Å². The zero-order chi connectivity index (χ0) is 62.0. The number of rotatable bonds is 22. The number of allylic oxidation sites excluding steroid dienone is 12. The second-order valence-electron chi connectivity index (χ2n) is 23.6. The van der Waals surface area contributed by atoms with Crippen LogP contribution < -0.4 is 124 Å². The predicted octanol–water partition coefficient (Wildman–Crippen LogP) is 7.42. The fraction of sp³-hybridized carbons (Fsp3) is 0.238. The Hall–Kier alpha value is -6.60. The highest BCUT2D eigenvalue weighted by Crippen LogP contribution is 2.36. The van der Waals surface area contributed by atoms with Gasteiger partial charge in [0.15, 0.2) is 24.8 Å². The topological polar surface area (TPSA) is 22.0 Å². The van der Waals surface area contributed by atoms with Gasteiger partial charge in [0.1, 0.15) is 26.2 Å². The Morgan fingerprint density at radius 2 is 0.734 bits per heavy atom. The summed E-state index contributed by atoms with van der Waals surface area (Å²) in [6.45, 7) is 19.4. The second kappa shape index (κ2) is 37.6. The van der Waals surface area contributed by atoms with Crippen LogP contribution in [-0.2, 0) is 26.2 Å². The lowest BCUT2D eigenvalue weighted by Gasteiger charge is -2.27. The van der Waals surface area contributed by atoms with E-state index in [4.69, 9.17) is 0 Å². The molecule has 10 aromatic rings. The number of fused-ring (bicyclic) bond motifs is 6. The molecule has 6 nitrogen and oxygen atoms in total. The van der Waals surface area contributed by atoms with Gasteiger partial charge in [0.05, 0.1) is 21.5 Å². The van der Waals surface area contributed by atoms with Gasteiger partial charge in [0.25, 0.3) is 0 Å². The summed E-state index contributed by atoms with van der Waals surface area (Å²) in [5.41, 5.74) is 20.0.